The fourth-order valence-electron chi connectivity index (χ4n) is 2.87. The number of hydrogen-bond donors (Lipinski definition) is 2. The predicted molar refractivity (Wildman–Crippen MR) is 103 cm³/mol. The molecule has 0 aliphatic carbocycles. The van der Waals surface area contributed by atoms with Crippen LogP contribution in [0.4, 0.5) is 5.69 Å². The van der Waals surface area contributed by atoms with Crippen LogP contribution < -0.4 is 10.6 Å². The molecule has 0 saturated carbocycles. The van der Waals surface area contributed by atoms with Gasteiger partial charge in [-0.1, -0.05) is 30.3 Å². The van der Waals surface area contributed by atoms with Crippen molar-refractivity contribution in [1.82, 2.24) is 29.7 Å². The van der Waals surface area contributed by atoms with Crippen LogP contribution in [0.5, 0.6) is 0 Å². The normalized spacial score (nSPS) is 10.8. The van der Waals surface area contributed by atoms with E-state index in [2.05, 4.69) is 25.8 Å². The molecule has 140 valence electrons. The van der Waals surface area contributed by atoms with E-state index >= 15 is 0 Å². The number of rotatable bonds is 4. The Bertz CT molecular complexity index is 1180. The van der Waals surface area contributed by atoms with E-state index in [0.717, 1.165) is 5.56 Å². The average molecular weight is 375 g/mol. The molecule has 2 N–H and O–H groups in total. The van der Waals surface area contributed by atoms with Crippen LogP contribution in [0.2, 0.25) is 0 Å². The lowest BCUT2D eigenvalue weighted by Crippen LogP contribution is -2.24. The lowest BCUT2D eigenvalue weighted by Gasteiger charge is -2.07. The van der Waals surface area contributed by atoms with Crippen molar-refractivity contribution in [2.45, 2.75) is 0 Å². The van der Waals surface area contributed by atoms with Crippen molar-refractivity contribution in [3.8, 4) is 11.4 Å². The number of amides is 2. The van der Waals surface area contributed by atoms with Crippen LogP contribution in [0, 0.1) is 0 Å². The third kappa shape index (κ3) is 3.09. The molecule has 0 aliphatic heterocycles. The zero-order valence-electron chi connectivity index (χ0n) is 15.2. The summed E-state index contributed by atoms with van der Waals surface area (Å²) in [4.78, 5) is 29.2. The summed E-state index contributed by atoms with van der Waals surface area (Å²) in [5.41, 5.74) is 2.41. The minimum Gasteiger partial charge on any atom is -0.355 e. The van der Waals surface area contributed by atoms with Gasteiger partial charge >= 0.3 is 0 Å². The fourth-order valence-corrected chi connectivity index (χ4v) is 2.87. The minimum atomic E-state index is -0.439. The Morgan fingerprint density at radius 3 is 2.61 bits per heavy atom. The maximum Gasteiger partial charge on any atom is 0.274 e. The Labute approximate surface area is 160 Å². The number of carbonyl (C=O) groups is 2. The first-order valence-corrected chi connectivity index (χ1v) is 8.54. The van der Waals surface area contributed by atoms with Gasteiger partial charge < -0.3 is 10.6 Å². The van der Waals surface area contributed by atoms with E-state index in [9.17, 15) is 9.59 Å². The first-order chi connectivity index (χ1) is 13.6. The summed E-state index contributed by atoms with van der Waals surface area (Å²) < 4.78 is 3.00. The summed E-state index contributed by atoms with van der Waals surface area (Å²) in [7, 11) is 3.11. The van der Waals surface area contributed by atoms with Crippen molar-refractivity contribution < 1.29 is 9.59 Å². The van der Waals surface area contributed by atoms with E-state index in [0.29, 0.717) is 17.2 Å². The number of nitrogens with zero attached hydrogens (tertiary/aromatic N) is 5. The lowest BCUT2D eigenvalue weighted by molar-refractivity contribution is 0.0946. The van der Waals surface area contributed by atoms with Gasteiger partial charge in [-0.2, -0.15) is 5.10 Å². The summed E-state index contributed by atoms with van der Waals surface area (Å²) in [5, 5.41) is 13.7. The van der Waals surface area contributed by atoms with Gasteiger partial charge in [-0.3, -0.25) is 14.3 Å². The number of benzene rings is 1. The smallest absolute Gasteiger partial charge is 0.274 e. The zero-order chi connectivity index (χ0) is 19.7. The number of fused-ring (bicyclic) bond motifs is 1. The number of nitrogens with one attached hydrogen (secondary N) is 2. The van der Waals surface area contributed by atoms with Gasteiger partial charge in [0.05, 0.1) is 11.8 Å². The quantitative estimate of drug-likeness (QED) is 0.565. The average Bonchev–Trinajstić information content (AvgIpc) is 3.31. The molecule has 0 atom stereocenters. The summed E-state index contributed by atoms with van der Waals surface area (Å²) in [6, 6.07) is 13.1. The van der Waals surface area contributed by atoms with Crippen LogP contribution in [0.25, 0.3) is 17.0 Å². The molecule has 0 fully saturated rings. The molecule has 3 aromatic heterocycles. The molecular formula is C19H17N7O2. The molecule has 0 unspecified atom stereocenters. The lowest BCUT2D eigenvalue weighted by atomic mass is 10.2. The molecule has 0 bridgehead atoms. The summed E-state index contributed by atoms with van der Waals surface area (Å²) in [5.74, 6) is -0.220. The third-order valence-corrected chi connectivity index (χ3v) is 4.25. The van der Waals surface area contributed by atoms with Crippen LogP contribution in [0.3, 0.4) is 0 Å². The number of aromatic nitrogens is 5. The van der Waals surface area contributed by atoms with Crippen molar-refractivity contribution in [3.63, 3.8) is 0 Å². The molecule has 0 spiro atoms. The van der Waals surface area contributed by atoms with Gasteiger partial charge in [0.1, 0.15) is 5.69 Å². The number of aryl methyl sites for hydroxylation is 1. The van der Waals surface area contributed by atoms with Crippen molar-refractivity contribution in [3.05, 3.63) is 66.1 Å². The predicted octanol–water partition coefficient (Wildman–Crippen LogP) is 1.74. The standard InChI is InChI=1S/C19H17N7O2/c1-20-18(27)14-11-21-25(2)16(14)19(28)22-13-8-9-26-15(10-13)23-17(24-26)12-6-4-3-5-7-12/h3-11H,1-2H3,(H,20,27)(H,22,28). The van der Waals surface area contributed by atoms with E-state index in [1.807, 2.05) is 30.3 Å². The molecular weight excluding hydrogens is 358 g/mol. The molecule has 3 heterocycles. The highest BCUT2D eigenvalue weighted by atomic mass is 16.2. The van der Waals surface area contributed by atoms with Gasteiger partial charge in [0.2, 0.25) is 0 Å². The first-order valence-electron chi connectivity index (χ1n) is 8.54. The van der Waals surface area contributed by atoms with Gasteiger partial charge in [0, 0.05) is 37.6 Å². The van der Waals surface area contributed by atoms with E-state index in [-0.39, 0.29) is 17.2 Å². The van der Waals surface area contributed by atoms with Crippen LogP contribution in [-0.4, -0.2) is 43.2 Å². The Balaban J connectivity index is 1.63. The fraction of sp³-hybridized carbons (Fsp3) is 0.105. The van der Waals surface area contributed by atoms with Gasteiger partial charge in [-0.05, 0) is 6.07 Å². The maximum absolute atomic E-state index is 12.7. The second kappa shape index (κ2) is 6.95. The van der Waals surface area contributed by atoms with Crippen LogP contribution in [0.15, 0.2) is 54.9 Å². The highest BCUT2D eigenvalue weighted by molar-refractivity contribution is 6.11. The molecule has 28 heavy (non-hydrogen) atoms. The topological polar surface area (TPSA) is 106 Å². The Kier molecular flexibility index (Phi) is 4.32. The molecule has 0 radical (unpaired) electrons. The number of pyridine rings is 1. The van der Waals surface area contributed by atoms with Crippen molar-refractivity contribution >= 4 is 23.1 Å². The Morgan fingerprint density at radius 1 is 1.07 bits per heavy atom. The third-order valence-electron chi connectivity index (χ3n) is 4.25. The van der Waals surface area contributed by atoms with Crippen molar-refractivity contribution in [2.24, 2.45) is 7.05 Å². The van der Waals surface area contributed by atoms with Gasteiger partial charge in [0.25, 0.3) is 11.8 Å². The Morgan fingerprint density at radius 2 is 1.86 bits per heavy atom. The molecule has 1 aromatic carbocycles. The number of hydrogen-bond acceptors (Lipinski definition) is 5. The van der Waals surface area contributed by atoms with Crippen LogP contribution in [0.1, 0.15) is 20.8 Å². The van der Waals surface area contributed by atoms with E-state index < -0.39 is 5.91 Å². The molecule has 9 heteroatoms. The van der Waals surface area contributed by atoms with Gasteiger partial charge in [-0.25, -0.2) is 9.50 Å². The molecule has 9 nitrogen and oxygen atoms in total. The largest absolute Gasteiger partial charge is 0.355 e. The summed E-state index contributed by atoms with van der Waals surface area (Å²) in [6.07, 6.45) is 3.08. The van der Waals surface area contributed by atoms with Gasteiger partial charge in [0.15, 0.2) is 11.5 Å². The molecule has 4 aromatic rings. The SMILES string of the molecule is CNC(=O)c1cnn(C)c1C(=O)Nc1ccn2nc(-c3ccccc3)nc2c1. The number of anilines is 1. The van der Waals surface area contributed by atoms with Crippen LogP contribution in [-0.2, 0) is 7.05 Å². The highest BCUT2D eigenvalue weighted by Crippen LogP contribution is 2.18. The minimum absolute atomic E-state index is 0.172. The molecule has 0 aliphatic rings. The molecule has 0 saturated heterocycles. The van der Waals surface area contributed by atoms with Gasteiger partial charge in [-0.15, -0.1) is 5.10 Å². The van der Waals surface area contributed by atoms with Crippen molar-refractivity contribution in [1.29, 1.82) is 0 Å². The van der Waals surface area contributed by atoms with E-state index in [1.165, 1.54) is 17.9 Å². The van der Waals surface area contributed by atoms with E-state index in [4.69, 9.17) is 0 Å². The first kappa shape index (κ1) is 17.4. The maximum atomic E-state index is 12.7. The molecule has 2 amide bonds. The second-order valence-electron chi connectivity index (χ2n) is 6.08. The highest BCUT2D eigenvalue weighted by Gasteiger charge is 2.21. The second-order valence-corrected chi connectivity index (χ2v) is 6.08. The van der Waals surface area contributed by atoms with E-state index in [1.54, 1.807) is 29.9 Å². The Hall–Kier alpha value is -4.01. The monoisotopic (exact) mass is 375 g/mol. The zero-order valence-corrected chi connectivity index (χ0v) is 15.2. The summed E-state index contributed by atoms with van der Waals surface area (Å²) in [6.45, 7) is 0. The number of carbonyl (C=O) groups excluding carboxylic acids is 2. The molecule has 4 rings (SSSR count). The van der Waals surface area contributed by atoms with Crippen molar-refractivity contribution in [2.75, 3.05) is 12.4 Å². The van der Waals surface area contributed by atoms with Crippen LogP contribution >= 0.6 is 0 Å². The summed E-state index contributed by atoms with van der Waals surface area (Å²) >= 11 is 0.